The first-order chi connectivity index (χ1) is 13.1. The highest BCUT2D eigenvalue weighted by atomic mass is 16.5. The van der Waals surface area contributed by atoms with Gasteiger partial charge in [-0.2, -0.15) is 4.98 Å². The highest BCUT2D eigenvalue weighted by Crippen LogP contribution is 2.37. The number of aryl methyl sites for hydroxylation is 1. The Bertz CT molecular complexity index is 1020. The van der Waals surface area contributed by atoms with Crippen molar-refractivity contribution in [3.63, 3.8) is 0 Å². The van der Waals surface area contributed by atoms with Gasteiger partial charge in [0.25, 0.3) is 0 Å². The van der Waals surface area contributed by atoms with Crippen molar-refractivity contribution in [3.8, 4) is 11.4 Å². The molecule has 0 radical (unpaired) electrons. The van der Waals surface area contributed by atoms with E-state index in [4.69, 9.17) is 9.15 Å². The minimum atomic E-state index is -0.543. The van der Waals surface area contributed by atoms with Crippen LogP contribution in [0.3, 0.4) is 0 Å². The number of carbonyl (C=O) groups excluding carboxylic acids is 1. The highest BCUT2D eigenvalue weighted by molar-refractivity contribution is 5.92. The molecule has 3 aromatic rings. The molecule has 7 heteroatoms. The molecular weight excluding hydrogens is 344 g/mol. The van der Waals surface area contributed by atoms with E-state index >= 15 is 0 Å². The van der Waals surface area contributed by atoms with Crippen molar-refractivity contribution in [2.45, 2.75) is 26.8 Å². The summed E-state index contributed by atoms with van der Waals surface area (Å²) in [5, 5.41) is 7.83. The first-order valence-corrected chi connectivity index (χ1v) is 8.81. The standard InChI is InChI=1S/C20H20N4O3/c1-4-26-19(25)16-13(3)21-20-22-18(14-8-6-5-7-9-14)23-24(20)17(16)15-11-10-12(2)27-15/h5-11,17H,4H2,1-3H3,(H,21,22,23)/t17-/m0/s1. The van der Waals surface area contributed by atoms with Crippen LogP contribution in [0, 0.1) is 6.92 Å². The fraction of sp³-hybridized carbons (Fsp3) is 0.250. The van der Waals surface area contributed by atoms with E-state index in [2.05, 4.69) is 15.4 Å². The zero-order valence-corrected chi connectivity index (χ0v) is 15.4. The third-order valence-electron chi connectivity index (χ3n) is 4.41. The molecule has 138 valence electrons. The topological polar surface area (TPSA) is 82.2 Å². The van der Waals surface area contributed by atoms with E-state index < -0.39 is 12.0 Å². The molecule has 4 rings (SSSR count). The van der Waals surface area contributed by atoms with Crippen LogP contribution in [0.25, 0.3) is 11.4 Å². The fourth-order valence-electron chi connectivity index (χ4n) is 3.20. The summed E-state index contributed by atoms with van der Waals surface area (Å²) >= 11 is 0. The maximum absolute atomic E-state index is 12.7. The number of aromatic nitrogens is 3. The number of hydrogen-bond donors (Lipinski definition) is 1. The summed E-state index contributed by atoms with van der Waals surface area (Å²) in [6.07, 6.45) is 0. The van der Waals surface area contributed by atoms with Crippen molar-refractivity contribution in [1.29, 1.82) is 0 Å². The van der Waals surface area contributed by atoms with Gasteiger partial charge in [0.1, 0.15) is 17.6 Å². The Hall–Kier alpha value is -3.35. The number of ether oxygens (including phenoxy) is 1. The van der Waals surface area contributed by atoms with Gasteiger partial charge in [0.05, 0.1) is 12.2 Å². The second-order valence-electron chi connectivity index (χ2n) is 6.30. The Morgan fingerprint density at radius 2 is 2.00 bits per heavy atom. The molecule has 0 unspecified atom stereocenters. The zero-order valence-electron chi connectivity index (χ0n) is 15.4. The van der Waals surface area contributed by atoms with Crippen molar-refractivity contribution in [3.05, 3.63) is 65.3 Å². The molecule has 3 heterocycles. The van der Waals surface area contributed by atoms with E-state index in [1.165, 1.54) is 0 Å². The SMILES string of the molecule is CCOC(=O)C1=C(C)Nc2nc(-c3ccccc3)nn2[C@H]1c1ccc(C)o1. The Kier molecular flexibility index (Phi) is 4.27. The minimum absolute atomic E-state index is 0.291. The number of carbonyl (C=O) groups is 1. The summed E-state index contributed by atoms with van der Waals surface area (Å²) < 4.78 is 12.8. The number of fused-ring (bicyclic) bond motifs is 1. The molecule has 0 saturated carbocycles. The summed E-state index contributed by atoms with van der Waals surface area (Å²) in [4.78, 5) is 17.3. The Morgan fingerprint density at radius 3 is 2.67 bits per heavy atom. The van der Waals surface area contributed by atoms with Crippen LogP contribution in [0.15, 0.2) is 58.2 Å². The smallest absolute Gasteiger partial charge is 0.338 e. The number of nitrogens with zero attached hydrogens (tertiary/aromatic N) is 3. The van der Waals surface area contributed by atoms with Crippen LogP contribution in [-0.4, -0.2) is 27.3 Å². The van der Waals surface area contributed by atoms with Crippen LogP contribution in [-0.2, 0) is 9.53 Å². The van der Waals surface area contributed by atoms with Crippen LogP contribution >= 0.6 is 0 Å². The Morgan fingerprint density at radius 1 is 1.22 bits per heavy atom. The zero-order chi connectivity index (χ0) is 19.0. The largest absolute Gasteiger partial charge is 0.464 e. The Labute approximate surface area is 156 Å². The summed E-state index contributed by atoms with van der Waals surface area (Å²) in [6, 6.07) is 12.9. The minimum Gasteiger partial charge on any atom is -0.464 e. The molecule has 1 aliphatic heterocycles. The van der Waals surface area contributed by atoms with Crippen molar-refractivity contribution < 1.29 is 13.9 Å². The van der Waals surface area contributed by atoms with Gasteiger partial charge in [-0.1, -0.05) is 30.3 Å². The van der Waals surface area contributed by atoms with Crippen LogP contribution in [0.5, 0.6) is 0 Å². The third kappa shape index (κ3) is 3.01. The van der Waals surface area contributed by atoms with E-state index in [1.54, 1.807) is 11.6 Å². The number of nitrogens with one attached hydrogen (secondary N) is 1. The second-order valence-corrected chi connectivity index (χ2v) is 6.30. The predicted octanol–water partition coefficient (Wildman–Crippen LogP) is 3.70. The number of esters is 1. The summed E-state index contributed by atoms with van der Waals surface area (Å²) in [5.74, 6) is 2.10. The fourth-order valence-corrected chi connectivity index (χ4v) is 3.20. The Balaban J connectivity index is 1.85. The van der Waals surface area contributed by atoms with Crippen LogP contribution < -0.4 is 5.32 Å². The van der Waals surface area contributed by atoms with Crippen molar-refractivity contribution in [2.75, 3.05) is 11.9 Å². The molecule has 0 saturated heterocycles. The van der Waals surface area contributed by atoms with Gasteiger partial charge in [-0.25, -0.2) is 9.48 Å². The number of benzene rings is 1. The molecule has 1 N–H and O–H groups in total. The number of anilines is 1. The average Bonchev–Trinajstić information content (AvgIpc) is 3.27. The van der Waals surface area contributed by atoms with Gasteiger partial charge >= 0.3 is 5.97 Å². The maximum Gasteiger partial charge on any atom is 0.338 e. The number of rotatable bonds is 4. The highest BCUT2D eigenvalue weighted by Gasteiger charge is 2.37. The molecule has 1 aliphatic rings. The molecule has 7 nitrogen and oxygen atoms in total. The molecule has 1 aromatic carbocycles. The lowest BCUT2D eigenvalue weighted by Crippen LogP contribution is -2.29. The quantitative estimate of drug-likeness (QED) is 0.711. The van der Waals surface area contributed by atoms with E-state index in [0.29, 0.717) is 35.4 Å². The molecular formula is C20H20N4O3. The molecule has 1 atom stereocenters. The summed E-state index contributed by atoms with van der Waals surface area (Å²) in [5.41, 5.74) is 2.03. The van der Waals surface area contributed by atoms with E-state index in [-0.39, 0.29) is 0 Å². The van der Waals surface area contributed by atoms with E-state index in [0.717, 1.165) is 11.3 Å². The second kappa shape index (κ2) is 6.75. The van der Waals surface area contributed by atoms with Crippen molar-refractivity contribution >= 4 is 11.9 Å². The van der Waals surface area contributed by atoms with Gasteiger partial charge in [-0.3, -0.25) is 0 Å². The van der Waals surface area contributed by atoms with E-state index in [9.17, 15) is 4.79 Å². The predicted molar refractivity (Wildman–Crippen MR) is 100.0 cm³/mol. The first-order valence-electron chi connectivity index (χ1n) is 8.81. The van der Waals surface area contributed by atoms with Crippen LogP contribution in [0.4, 0.5) is 5.95 Å². The molecule has 0 fully saturated rings. The van der Waals surface area contributed by atoms with Crippen molar-refractivity contribution in [1.82, 2.24) is 14.8 Å². The van der Waals surface area contributed by atoms with Gasteiger partial charge in [0.15, 0.2) is 5.82 Å². The normalized spacial score (nSPS) is 16.0. The van der Waals surface area contributed by atoms with Gasteiger partial charge in [0.2, 0.25) is 5.95 Å². The molecule has 0 aliphatic carbocycles. The average molecular weight is 364 g/mol. The van der Waals surface area contributed by atoms with Gasteiger partial charge in [-0.15, -0.1) is 5.10 Å². The number of hydrogen-bond acceptors (Lipinski definition) is 6. The van der Waals surface area contributed by atoms with Gasteiger partial charge in [-0.05, 0) is 32.9 Å². The van der Waals surface area contributed by atoms with E-state index in [1.807, 2.05) is 56.3 Å². The number of allylic oxidation sites excluding steroid dienone is 1. The molecule has 2 aromatic heterocycles. The molecule has 0 spiro atoms. The van der Waals surface area contributed by atoms with Gasteiger partial charge in [0, 0.05) is 11.3 Å². The lowest BCUT2D eigenvalue weighted by molar-refractivity contribution is -0.139. The first kappa shape index (κ1) is 17.1. The molecule has 0 bridgehead atoms. The lowest BCUT2D eigenvalue weighted by Gasteiger charge is -2.26. The summed E-state index contributed by atoms with van der Waals surface area (Å²) in [6.45, 7) is 5.77. The van der Waals surface area contributed by atoms with Crippen molar-refractivity contribution in [2.24, 2.45) is 0 Å². The monoisotopic (exact) mass is 364 g/mol. The lowest BCUT2D eigenvalue weighted by atomic mass is 10.0. The van der Waals surface area contributed by atoms with Crippen LogP contribution in [0.2, 0.25) is 0 Å². The number of furan rings is 1. The van der Waals surface area contributed by atoms with Gasteiger partial charge < -0.3 is 14.5 Å². The maximum atomic E-state index is 12.7. The molecule has 27 heavy (non-hydrogen) atoms. The van der Waals surface area contributed by atoms with Crippen LogP contribution in [0.1, 0.15) is 31.4 Å². The third-order valence-corrected chi connectivity index (χ3v) is 4.41. The summed E-state index contributed by atoms with van der Waals surface area (Å²) in [7, 11) is 0. The molecule has 0 amide bonds.